The van der Waals surface area contributed by atoms with Gasteiger partial charge >= 0.3 is 0 Å². The Hall–Kier alpha value is -2.03. The van der Waals surface area contributed by atoms with Crippen LogP contribution in [0.25, 0.3) is 0 Å². The molecule has 0 saturated carbocycles. The van der Waals surface area contributed by atoms with E-state index in [-0.39, 0.29) is 9.92 Å². The molecule has 0 aliphatic rings. The largest absolute Gasteiger partial charge is 0.269 e. The Kier molecular flexibility index (Phi) is 4.21. The molecule has 21 heavy (non-hydrogen) atoms. The van der Waals surface area contributed by atoms with Gasteiger partial charge in [-0.3, -0.25) is 4.31 Å². The Morgan fingerprint density at radius 1 is 1.19 bits per heavy atom. The zero-order valence-corrected chi connectivity index (χ0v) is 13.1. The van der Waals surface area contributed by atoms with Crippen LogP contribution in [0.15, 0.2) is 47.4 Å². The van der Waals surface area contributed by atoms with Gasteiger partial charge < -0.3 is 0 Å². The first-order valence-corrected chi connectivity index (χ1v) is 7.94. The average molecular weight is 321 g/mol. The fourth-order valence-corrected chi connectivity index (χ4v) is 3.75. The molecular weight excluding hydrogens is 308 g/mol. The van der Waals surface area contributed by atoms with Gasteiger partial charge in [0.25, 0.3) is 10.0 Å². The van der Waals surface area contributed by atoms with Crippen molar-refractivity contribution in [3.63, 3.8) is 0 Å². The quantitative estimate of drug-likeness (QED) is 0.871. The van der Waals surface area contributed by atoms with E-state index in [0.29, 0.717) is 11.3 Å². The van der Waals surface area contributed by atoms with Crippen LogP contribution in [0.2, 0.25) is 5.02 Å². The first-order chi connectivity index (χ1) is 9.87. The SMILES string of the molecule is Cc1ccccc1N(C)S(=O)(=O)c1ccc(C#N)cc1Cl. The van der Waals surface area contributed by atoms with E-state index in [4.69, 9.17) is 16.9 Å². The van der Waals surface area contributed by atoms with Crippen molar-refractivity contribution in [2.75, 3.05) is 11.4 Å². The molecule has 0 unspecified atom stereocenters. The number of nitriles is 1. The van der Waals surface area contributed by atoms with Crippen molar-refractivity contribution in [1.29, 1.82) is 5.26 Å². The standard InChI is InChI=1S/C15H13ClN2O2S/c1-11-5-3-4-6-14(11)18(2)21(19,20)15-8-7-12(10-17)9-13(15)16/h3-9H,1-2H3. The Bertz CT molecular complexity index is 826. The molecule has 0 aromatic heterocycles. The predicted molar refractivity (Wildman–Crippen MR) is 82.9 cm³/mol. The van der Waals surface area contributed by atoms with E-state index in [0.717, 1.165) is 5.56 Å². The first-order valence-electron chi connectivity index (χ1n) is 6.12. The topological polar surface area (TPSA) is 61.2 Å². The normalized spacial score (nSPS) is 11.0. The summed E-state index contributed by atoms with van der Waals surface area (Å²) in [6.07, 6.45) is 0. The van der Waals surface area contributed by atoms with Crippen molar-refractivity contribution in [2.24, 2.45) is 0 Å². The van der Waals surface area contributed by atoms with Gasteiger partial charge in [0, 0.05) is 7.05 Å². The Morgan fingerprint density at radius 2 is 1.86 bits per heavy atom. The molecule has 0 N–H and O–H groups in total. The molecule has 0 aliphatic heterocycles. The number of nitrogens with zero attached hydrogens (tertiary/aromatic N) is 2. The molecule has 0 heterocycles. The minimum atomic E-state index is -3.78. The van der Waals surface area contributed by atoms with Gasteiger partial charge in [-0.1, -0.05) is 29.8 Å². The highest BCUT2D eigenvalue weighted by atomic mass is 35.5. The number of hydrogen-bond donors (Lipinski definition) is 0. The maximum Gasteiger partial charge on any atom is 0.265 e. The molecule has 0 saturated heterocycles. The van der Waals surface area contributed by atoms with Crippen LogP contribution in [-0.2, 0) is 10.0 Å². The van der Waals surface area contributed by atoms with Gasteiger partial charge in [-0.15, -0.1) is 0 Å². The van der Waals surface area contributed by atoms with E-state index < -0.39 is 10.0 Å². The molecule has 0 bridgehead atoms. The molecule has 4 nitrogen and oxygen atoms in total. The van der Waals surface area contributed by atoms with Gasteiger partial charge in [0.1, 0.15) is 4.90 Å². The van der Waals surface area contributed by atoms with E-state index in [2.05, 4.69) is 0 Å². The fourth-order valence-electron chi connectivity index (χ4n) is 1.97. The summed E-state index contributed by atoms with van der Waals surface area (Å²) in [4.78, 5) is -0.0195. The van der Waals surface area contributed by atoms with Gasteiger partial charge in [-0.05, 0) is 36.8 Å². The van der Waals surface area contributed by atoms with Gasteiger partial charge in [-0.25, -0.2) is 8.42 Å². The maximum atomic E-state index is 12.7. The summed E-state index contributed by atoms with van der Waals surface area (Å²) in [5.41, 5.74) is 1.74. The second-order valence-electron chi connectivity index (χ2n) is 4.52. The van der Waals surface area contributed by atoms with E-state index in [9.17, 15) is 8.42 Å². The van der Waals surface area contributed by atoms with Crippen LogP contribution < -0.4 is 4.31 Å². The summed E-state index contributed by atoms with van der Waals surface area (Å²) in [5, 5.41) is 8.85. The van der Waals surface area contributed by atoms with Gasteiger partial charge in [0.2, 0.25) is 0 Å². The number of hydrogen-bond acceptors (Lipinski definition) is 3. The molecule has 6 heteroatoms. The van der Waals surface area contributed by atoms with Crippen LogP contribution in [-0.4, -0.2) is 15.5 Å². The molecule has 0 amide bonds. The van der Waals surface area contributed by atoms with Crippen molar-refractivity contribution < 1.29 is 8.42 Å². The summed E-state index contributed by atoms with van der Waals surface area (Å²) >= 11 is 6.01. The van der Waals surface area contributed by atoms with Crippen molar-refractivity contribution in [2.45, 2.75) is 11.8 Å². The molecular formula is C15H13ClN2O2S. The number of benzene rings is 2. The molecule has 2 aromatic rings. The van der Waals surface area contributed by atoms with Gasteiger partial charge in [-0.2, -0.15) is 5.26 Å². The third-order valence-corrected chi connectivity index (χ3v) is 5.41. The number of sulfonamides is 1. The van der Waals surface area contributed by atoms with Crippen molar-refractivity contribution in [1.82, 2.24) is 0 Å². The lowest BCUT2D eigenvalue weighted by atomic mass is 10.2. The third-order valence-electron chi connectivity index (χ3n) is 3.15. The molecule has 0 spiro atoms. The molecule has 0 radical (unpaired) electrons. The van der Waals surface area contributed by atoms with E-state index in [1.807, 2.05) is 25.1 Å². The van der Waals surface area contributed by atoms with Crippen LogP contribution >= 0.6 is 11.6 Å². The summed E-state index contributed by atoms with van der Waals surface area (Å²) in [7, 11) is -2.30. The Labute approximate surface area is 129 Å². The fraction of sp³-hybridized carbons (Fsp3) is 0.133. The van der Waals surface area contributed by atoms with Gasteiger partial charge in [0.05, 0.1) is 22.3 Å². The highest BCUT2D eigenvalue weighted by molar-refractivity contribution is 7.93. The Morgan fingerprint density at radius 3 is 2.43 bits per heavy atom. The van der Waals surface area contributed by atoms with Gasteiger partial charge in [0.15, 0.2) is 0 Å². The molecule has 108 valence electrons. The molecule has 0 fully saturated rings. The summed E-state index contributed by atoms with van der Waals surface area (Å²) in [6, 6.07) is 13.2. The van der Waals surface area contributed by atoms with E-state index in [1.165, 1.54) is 29.6 Å². The second kappa shape index (κ2) is 5.76. The summed E-state index contributed by atoms with van der Waals surface area (Å²) < 4.78 is 26.5. The first kappa shape index (κ1) is 15.4. The van der Waals surface area contributed by atoms with Crippen LogP contribution in [0.5, 0.6) is 0 Å². The molecule has 2 rings (SSSR count). The maximum absolute atomic E-state index is 12.7. The van der Waals surface area contributed by atoms with Crippen molar-refractivity contribution in [3.05, 3.63) is 58.6 Å². The summed E-state index contributed by atoms with van der Waals surface area (Å²) in [6.45, 7) is 1.84. The number of rotatable bonds is 3. The molecule has 2 aromatic carbocycles. The van der Waals surface area contributed by atoms with Crippen molar-refractivity contribution in [3.8, 4) is 6.07 Å². The van der Waals surface area contributed by atoms with E-state index >= 15 is 0 Å². The monoisotopic (exact) mass is 320 g/mol. The average Bonchev–Trinajstić information content (AvgIpc) is 2.46. The highest BCUT2D eigenvalue weighted by Crippen LogP contribution is 2.29. The minimum Gasteiger partial charge on any atom is -0.269 e. The van der Waals surface area contributed by atoms with E-state index in [1.54, 1.807) is 12.1 Å². The molecule has 0 atom stereocenters. The summed E-state index contributed by atoms with van der Waals surface area (Å²) in [5.74, 6) is 0. The lowest BCUT2D eigenvalue weighted by molar-refractivity contribution is 0.594. The second-order valence-corrected chi connectivity index (χ2v) is 6.86. The van der Waals surface area contributed by atoms with Crippen LogP contribution in [0.3, 0.4) is 0 Å². The minimum absolute atomic E-state index is 0.0195. The zero-order valence-electron chi connectivity index (χ0n) is 11.5. The number of aryl methyl sites for hydroxylation is 1. The zero-order chi connectivity index (χ0) is 15.6. The molecule has 0 aliphatic carbocycles. The predicted octanol–water partition coefficient (Wildman–Crippen LogP) is 3.35. The number of halogens is 1. The number of anilines is 1. The smallest absolute Gasteiger partial charge is 0.265 e. The lowest BCUT2D eigenvalue weighted by Gasteiger charge is -2.21. The number of para-hydroxylation sites is 1. The van der Waals surface area contributed by atoms with Crippen LogP contribution in [0.4, 0.5) is 5.69 Å². The van der Waals surface area contributed by atoms with Crippen LogP contribution in [0.1, 0.15) is 11.1 Å². The third kappa shape index (κ3) is 2.87. The lowest BCUT2D eigenvalue weighted by Crippen LogP contribution is -2.27. The van der Waals surface area contributed by atoms with Crippen molar-refractivity contribution >= 4 is 27.3 Å². The van der Waals surface area contributed by atoms with Crippen LogP contribution in [0, 0.1) is 18.3 Å². The Balaban J connectivity index is 2.53. The highest BCUT2D eigenvalue weighted by Gasteiger charge is 2.25.